The number of sulfonamides is 1. The topological polar surface area (TPSA) is 83.9 Å². The first-order valence-electron chi connectivity index (χ1n) is 6.46. The Kier molecular flexibility index (Phi) is 4.90. The van der Waals surface area contributed by atoms with Crippen molar-refractivity contribution in [1.29, 1.82) is 0 Å². The molecule has 0 aromatic heterocycles. The molecule has 21 heavy (non-hydrogen) atoms. The highest BCUT2D eigenvalue weighted by Gasteiger charge is 2.37. The van der Waals surface area contributed by atoms with Gasteiger partial charge in [0.25, 0.3) is 0 Å². The van der Waals surface area contributed by atoms with E-state index in [1.54, 1.807) is 6.07 Å². The molecule has 8 heteroatoms. The number of carboxylic acid groups (broad SMARTS) is 1. The Morgan fingerprint density at radius 2 is 2.14 bits per heavy atom. The first-order valence-corrected chi connectivity index (χ1v) is 8.69. The Labute approximate surface area is 131 Å². The van der Waals surface area contributed by atoms with Gasteiger partial charge in [-0.25, -0.2) is 8.42 Å². The van der Waals surface area contributed by atoms with E-state index >= 15 is 0 Å². The summed E-state index contributed by atoms with van der Waals surface area (Å²) in [6.45, 7) is 0.220. The van der Waals surface area contributed by atoms with Crippen LogP contribution in [0.15, 0.2) is 27.6 Å². The van der Waals surface area contributed by atoms with Crippen LogP contribution < -0.4 is 4.74 Å². The molecule has 0 aliphatic carbocycles. The minimum atomic E-state index is -3.85. The van der Waals surface area contributed by atoms with Crippen LogP contribution in [0.1, 0.15) is 19.3 Å². The normalized spacial score (nSPS) is 20.2. The van der Waals surface area contributed by atoms with Crippen LogP contribution in [0.3, 0.4) is 0 Å². The summed E-state index contributed by atoms with van der Waals surface area (Å²) in [4.78, 5) is 11.3. The number of methoxy groups -OCH3 is 1. The first-order chi connectivity index (χ1) is 9.87. The Morgan fingerprint density at radius 3 is 2.76 bits per heavy atom. The summed E-state index contributed by atoms with van der Waals surface area (Å²) in [5, 5.41) is 9.23. The number of benzene rings is 1. The average Bonchev–Trinajstić information content (AvgIpc) is 2.47. The highest BCUT2D eigenvalue weighted by atomic mass is 79.9. The molecule has 1 saturated heterocycles. The predicted molar refractivity (Wildman–Crippen MR) is 79.9 cm³/mol. The number of halogens is 1. The Balaban J connectivity index is 2.42. The molecule has 0 radical (unpaired) electrons. The summed E-state index contributed by atoms with van der Waals surface area (Å²) in [5.74, 6) is -0.720. The molecule has 2 rings (SSSR count). The zero-order chi connectivity index (χ0) is 15.6. The van der Waals surface area contributed by atoms with E-state index in [0.29, 0.717) is 29.5 Å². The second-order valence-corrected chi connectivity index (χ2v) is 7.51. The van der Waals surface area contributed by atoms with Crippen LogP contribution in [-0.4, -0.2) is 43.5 Å². The van der Waals surface area contributed by atoms with E-state index < -0.39 is 22.0 Å². The number of aliphatic carboxylic acids is 1. The van der Waals surface area contributed by atoms with E-state index in [9.17, 15) is 18.3 Å². The highest BCUT2D eigenvalue weighted by Crippen LogP contribution is 2.31. The fraction of sp³-hybridized carbons (Fsp3) is 0.462. The van der Waals surface area contributed by atoms with Crippen molar-refractivity contribution < 1.29 is 23.1 Å². The van der Waals surface area contributed by atoms with Crippen LogP contribution in [0.4, 0.5) is 0 Å². The molecule has 0 saturated carbocycles. The molecule has 1 aromatic carbocycles. The van der Waals surface area contributed by atoms with E-state index in [1.165, 1.54) is 19.2 Å². The third-order valence-electron chi connectivity index (χ3n) is 3.47. The molecule has 1 unspecified atom stereocenters. The number of ether oxygens (including phenoxy) is 1. The summed E-state index contributed by atoms with van der Waals surface area (Å²) in [7, 11) is -2.41. The molecule has 1 aliphatic rings. The quantitative estimate of drug-likeness (QED) is 0.868. The molecule has 1 atom stereocenters. The summed E-state index contributed by atoms with van der Waals surface area (Å²) in [6, 6.07) is 3.41. The van der Waals surface area contributed by atoms with Gasteiger partial charge in [0.05, 0.1) is 16.5 Å². The summed E-state index contributed by atoms with van der Waals surface area (Å²) >= 11 is 3.26. The van der Waals surface area contributed by atoms with Gasteiger partial charge in [-0.1, -0.05) is 0 Å². The minimum absolute atomic E-state index is 0.0377. The molecule has 6 nitrogen and oxygen atoms in total. The molecule has 1 fully saturated rings. The fourth-order valence-electron chi connectivity index (χ4n) is 2.38. The maximum atomic E-state index is 12.7. The largest absolute Gasteiger partial charge is 0.496 e. The van der Waals surface area contributed by atoms with Crippen LogP contribution >= 0.6 is 15.9 Å². The average molecular weight is 378 g/mol. The standard InChI is InChI=1S/C13H16BrNO5S/c1-20-12-8-9(5-6-10(12)14)21(18,19)15-7-3-2-4-11(15)13(16)17/h5-6,8,11H,2-4,7H2,1H3,(H,16,17). The van der Waals surface area contributed by atoms with Gasteiger partial charge >= 0.3 is 5.97 Å². The number of carboxylic acids is 1. The molecular formula is C13H16BrNO5S. The monoisotopic (exact) mass is 377 g/mol. The molecular weight excluding hydrogens is 362 g/mol. The summed E-state index contributed by atoms with van der Waals surface area (Å²) in [6.07, 6.45) is 1.71. The molecule has 116 valence electrons. The lowest BCUT2D eigenvalue weighted by molar-refractivity contribution is -0.142. The number of piperidine rings is 1. The molecule has 0 spiro atoms. The molecule has 1 heterocycles. The van der Waals surface area contributed by atoms with Gasteiger partial charge in [0, 0.05) is 12.6 Å². The van der Waals surface area contributed by atoms with Gasteiger partial charge in [-0.05, 0) is 47.3 Å². The van der Waals surface area contributed by atoms with Crippen molar-refractivity contribution in [2.24, 2.45) is 0 Å². The molecule has 0 bridgehead atoms. The van der Waals surface area contributed by atoms with Crippen LogP contribution in [0.5, 0.6) is 5.75 Å². The second kappa shape index (κ2) is 6.33. The van der Waals surface area contributed by atoms with Crippen LogP contribution in [0.25, 0.3) is 0 Å². The Bertz CT molecular complexity index is 646. The third kappa shape index (κ3) is 3.22. The van der Waals surface area contributed by atoms with E-state index in [2.05, 4.69) is 15.9 Å². The number of hydrogen-bond acceptors (Lipinski definition) is 4. The molecule has 1 aliphatic heterocycles. The summed E-state index contributed by atoms with van der Waals surface area (Å²) < 4.78 is 32.2. The molecule has 1 N–H and O–H groups in total. The van der Waals surface area contributed by atoms with E-state index in [1.807, 2.05) is 0 Å². The summed E-state index contributed by atoms with van der Waals surface area (Å²) in [5.41, 5.74) is 0. The number of carbonyl (C=O) groups is 1. The van der Waals surface area contributed by atoms with Crippen LogP contribution in [0.2, 0.25) is 0 Å². The van der Waals surface area contributed by atoms with Gasteiger partial charge in [-0.3, -0.25) is 4.79 Å². The molecule has 0 amide bonds. The zero-order valence-corrected chi connectivity index (χ0v) is 13.9. The zero-order valence-electron chi connectivity index (χ0n) is 11.5. The predicted octanol–water partition coefficient (Wildman–Crippen LogP) is 2.09. The van der Waals surface area contributed by atoms with Gasteiger partial charge < -0.3 is 9.84 Å². The lowest BCUT2D eigenvalue weighted by Gasteiger charge is -2.31. The van der Waals surface area contributed by atoms with Gasteiger partial charge in [-0.15, -0.1) is 0 Å². The van der Waals surface area contributed by atoms with Crippen molar-refractivity contribution in [2.75, 3.05) is 13.7 Å². The lowest BCUT2D eigenvalue weighted by Crippen LogP contribution is -2.47. The third-order valence-corrected chi connectivity index (χ3v) is 6.03. The highest BCUT2D eigenvalue weighted by molar-refractivity contribution is 9.10. The van der Waals surface area contributed by atoms with Gasteiger partial charge in [0.2, 0.25) is 10.0 Å². The van der Waals surface area contributed by atoms with Crippen molar-refractivity contribution in [1.82, 2.24) is 4.31 Å². The first kappa shape index (κ1) is 16.3. The number of rotatable bonds is 4. The van der Waals surface area contributed by atoms with Crippen molar-refractivity contribution in [2.45, 2.75) is 30.2 Å². The maximum absolute atomic E-state index is 12.7. The lowest BCUT2D eigenvalue weighted by atomic mass is 10.1. The van der Waals surface area contributed by atoms with Gasteiger partial charge in [0.1, 0.15) is 11.8 Å². The smallest absolute Gasteiger partial charge is 0.322 e. The number of nitrogens with zero attached hydrogens (tertiary/aromatic N) is 1. The van der Waals surface area contributed by atoms with Crippen molar-refractivity contribution in [3.8, 4) is 5.75 Å². The van der Waals surface area contributed by atoms with Gasteiger partial charge in [-0.2, -0.15) is 4.31 Å². The Morgan fingerprint density at radius 1 is 1.43 bits per heavy atom. The maximum Gasteiger partial charge on any atom is 0.322 e. The van der Waals surface area contributed by atoms with Crippen molar-refractivity contribution in [3.05, 3.63) is 22.7 Å². The molecule has 1 aromatic rings. The van der Waals surface area contributed by atoms with E-state index in [-0.39, 0.29) is 11.4 Å². The minimum Gasteiger partial charge on any atom is -0.496 e. The van der Waals surface area contributed by atoms with Crippen molar-refractivity contribution in [3.63, 3.8) is 0 Å². The van der Waals surface area contributed by atoms with Crippen LogP contribution in [0, 0.1) is 0 Å². The van der Waals surface area contributed by atoms with Gasteiger partial charge in [0.15, 0.2) is 0 Å². The fourth-order valence-corrected chi connectivity index (χ4v) is 4.45. The SMILES string of the molecule is COc1cc(S(=O)(=O)N2CCCCC2C(=O)O)ccc1Br. The Hall–Kier alpha value is -1.12. The van der Waals surface area contributed by atoms with E-state index in [4.69, 9.17) is 4.74 Å². The van der Waals surface area contributed by atoms with E-state index in [0.717, 1.165) is 4.31 Å². The second-order valence-electron chi connectivity index (χ2n) is 4.76. The van der Waals surface area contributed by atoms with Crippen molar-refractivity contribution >= 4 is 31.9 Å². The number of hydrogen-bond donors (Lipinski definition) is 1. The van der Waals surface area contributed by atoms with Crippen LogP contribution in [-0.2, 0) is 14.8 Å².